The van der Waals surface area contributed by atoms with Crippen molar-refractivity contribution in [2.45, 2.75) is 38.7 Å². The highest BCUT2D eigenvalue weighted by atomic mass is 35.5. The molecule has 12 heteroatoms. The van der Waals surface area contributed by atoms with Gasteiger partial charge in [-0.05, 0) is 36.2 Å². The quantitative estimate of drug-likeness (QED) is 0.483. The molecule has 3 aromatic rings. The maximum Gasteiger partial charge on any atom is 0.394 e. The van der Waals surface area contributed by atoms with Crippen molar-refractivity contribution in [1.29, 1.82) is 0 Å². The van der Waals surface area contributed by atoms with Crippen molar-refractivity contribution in [3.8, 4) is 5.75 Å². The second-order valence-electron chi connectivity index (χ2n) is 8.20. The molecule has 0 aliphatic carbocycles. The van der Waals surface area contributed by atoms with Gasteiger partial charge in [-0.1, -0.05) is 23.7 Å². The standard InChI is InChI=1S/C23H24ClF2N5O4/c1-23(25,26)35-17-6-3-5-14(11-17)19-28-20-18(31(19)13-16-8-7-15(24)12-27-16)21(33)30(9-4-10-32)22(34)29(20)2/h3,5-8,11-12,19,28,32H,4,9-10,13H2,1-2H3. The molecule has 0 bridgehead atoms. The Kier molecular flexibility index (Phi) is 6.82. The normalized spacial score (nSPS) is 15.1. The van der Waals surface area contributed by atoms with Crippen LogP contribution in [-0.2, 0) is 20.1 Å². The van der Waals surface area contributed by atoms with Gasteiger partial charge in [-0.2, -0.15) is 8.78 Å². The molecule has 35 heavy (non-hydrogen) atoms. The SMILES string of the molecule is Cn1c2c(c(=O)n(CCCO)c1=O)N(Cc1ccc(Cl)cn1)C(c1cccc(OC(C)(F)F)c1)N2. The minimum atomic E-state index is -3.37. The van der Waals surface area contributed by atoms with Crippen molar-refractivity contribution in [3.05, 3.63) is 79.7 Å². The molecule has 1 aromatic carbocycles. The Bertz CT molecular complexity index is 1340. The fourth-order valence-electron chi connectivity index (χ4n) is 4.00. The third-order valence-corrected chi connectivity index (χ3v) is 5.75. The fourth-order valence-corrected chi connectivity index (χ4v) is 4.11. The van der Waals surface area contributed by atoms with Crippen LogP contribution in [-0.4, -0.2) is 31.9 Å². The summed E-state index contributed by atoms with van der Waals surface area (Å²) < 4.78 is 34.0. The van der Waals surface area contributed by atoms with E-state index < -0.39 is 23.5 Å². The molecule has 0 saturated carbocycles. The van der Waals surface area contributed by atoms with Gasteiger partial charge in [0.15, 0.2) is 0 Å². The zero-order valence-electron chi connectivity index (χ0n) is 19.0. The summed E-state index contributed by atoms with van der Waals surface area (Å²) in [5, 5.41) is 12.8. The zero-order chi connectivity index (χ0) is 25.3. The predicted molar refractivity (Wildman–Crippen MR) is 127 cm³/mol. The van der Waals surface area contributed by atoms with Crippen molar-refractivity contribution in [2.24, 2.45) is 7.05 Å². The monoisotopic (exact) mass is 507 g/mol. The van der Waals surface area contributed by atoms with Crippen LogP contribution in [0.5, 0.6) is 5.75 Å². The van der Waals surface area contributed by atoms with Gasteiger partial charge in [0.2, 0.25) is 0 Å². The number of alkyl halides is 2. The number of nitrogens with one attached hydrogen (secondary N) is 1. The van der Waals surface area contributed by atoms with Crippen molar-refractivity contribution in [3.63, 3.8) is 0 Å². The molecule has 0 amide bonds. The molecule has 0 saturated heterocycles. The van der Waals surface area contributed by atoms with E-state index in [-0.39, 0.29) is 43.4 Å². The topological polar surface area (TPSA) is 102 Å². The van der Waals surface area contributed by atoms with Gasteiger partial charge in [-0.25, -0.2) is 4.79 Å². The Morgan fingerprint density at radius 1 is 1.26 bits per heavy atom. The maximum atomic E-state index is 13.5. The predicted octanol–water partition coefficient (Wildman–Crippen LogP) is 3.10. The number of benzene rings is 1. The second-order valence-corrected chi connectivity index (χ2v) is 8.63. The molecule has 1 aliphatic rings. The molecule has 2 aromatic heterocycles. The highest BCUT2D eigenvalue weighted by Gasteiger charge is 2.36. The summed E-state index contributed by atoms with van der Waals surface area (Å²) in [5.74, 6) is 0.234. The van der Waals surface area contributed by atoms with E-state index in [9.17, 15) is 23.5 Å². The van der Waals surface area contributed by atoms with Gasteiger partial charge in [0.1, 0.15) is 23.4 Å². The molecule has 1 unspecified atom stereocenters. The molecule has 3 heterocycles. The van der Waals surface area contributed by atoms with E-state index in [1.54, 1.807) is 29.2 Å². The molecule has 1 aliphatic heterocycles. The molecule has 1 atom stereocenters. The lowest BCUT2D eigenvalue weighted by atomic mass is 10.1. The van der Waals surface area contributed by atoms with E-state index in [2.05, 4.69) is 10.3 Å². The lowest BCUT2D eigenvalue weighted by molar-refractivity contribution is -0.158. The number of hydrogen-bond donors (Lipinski definition) is 2. The third-order valence-electron chi connectivity index (χ3n) is 5.53. The van der Waals surface area contributed by atoms with E-state index in [1.807, 2.05) is 0 Å². The summed E-state index contributed by atoms with van der Waals surface area (Å²) >= 11 is 5.96. The molecular weight excluding hydrogens is 484 g/mol. The highest BCUT2D eigenvalue weighted by Crippen LogP contribution is 2.40. The summed E-state index contributed by atoms with van der Waals surface area (Å²) in [5.41, 5.74) is 0.275. The van der Waals surface area contributed by atoms with Gasteiger partial charge in [0.25, 0.3) is 5.56 Å². The van der Waals surface area contributed by atoms with E-state index in [0.717, 1.165) is 4.57 Å². The molecular formula is C23H24ClF2N5O4. The number of halogens is 3. The summed E-state index contributed by atoms with van der Waals surface area (Å²) in [6.45, 7) is 0.666. The van der Waals surface area contributed by atoms with Gasteiger partial charge < -0.3 is 20.1 Å². The van der Waals surface area contributed by atoms with E-state index in [1.165, 1.54) is 29.9 Å². The summed E-state index contributed by atoms with van der Waals surface area (Å²) in [7, 11) is 1.53. The van der Waals surface area contributed by atoms with Crippen LogP contribution in [0.2, 0.25) is 5.02 Å². The van der Waals surface area contributed by atoms with Gasteiger partial charge >= 0.3 is 11.8 Å². The minimum absolute atomic E-state index is 0.0435. The van der Waals surface area contributed by atoms with Crippen LogP contribution in [0.25, 0.3) is 0 Å². The number of anilines is 2. The fraction of sp³-hybridized carbons (Fsp3) is 0.348. The van der Waals surface area contributed by atoms with Crippen molar-refractivity contribution < 1.29 is 18.6 Å². The molecule has 2 N–H and O–H groups in total. The average Bonchev–Trinajstić information content (AvgIpc) is 3.18. The van der Waals surface area contributed by atoms with Crippen LogP contribution < -0.4 is 26.2 Å². The first-order valence-corrected chi connectivity index (χ1v) is 11.2. The van der Waals surface area contributed by atoms with Crippen molar-refractivity contribution in [2.75, 3.05) is 16.8 Å². The summed E-state index contributed by atoms with van der Waals surface area (Å²) in [4.78, 5) is 32.3. The number of rotatable bonds is 8. The largest absolute Gasteiger partial charge is 0.433 e. The number of pyridine rings is 1. The Balaban J connectivity index is 1.83. The van der Waals surface area contributed by atoms with Crippen LogP contribution in [0, 0.1) is 0 Å². The van der Waals surface area contributed by atoms with Gasteiger partial charge in [-0.15, -0.1) is 0 Å². The van der Waals surface area contributed by atoms with E-state index >= 15 is 0 Å². The third kappa shape index (κ3) is 5.15. The number of nitrogens with zero attached hydrogens (tertiary/aromatic N) is 4. The first-order valence-electron chi connectivity index (χ1n) is 10.8. The lowest BCUT2D eigenvalue weighted by Gasteiger charge is -2.27. The van der Waals surface area contributed by atoms with Crippen LogP contribution >= 0.6 is 11.6 Å². The average molecular weight is 508 g/mol. The zero-order valence-corrected chi connectivity index (χ0v) is 19.8. The van der Waals surface area contributed by atoms with Gasteiger partial charge in [0, 0.05) is 33.3 Å². The van der Waals surface area contributed by atoms with Gasteiger partial charge in [0.05, 0.1) is 17.3 Å². The van der Waals surface area contributed by atoms with Crippen molar-refractivity contribution >= 4 is 23.1 Å². The van der Waals surface area contributed by atoms with E-state index in [4.69, 9.17) is 16.3 Å². The molecule has 4 rings (SSSR count). The number of fused-ring (bicyclic) bond motifs is 1. The van der Waals surface area contributed by atoms with Crippen LogP contribution in [0.1, 0.15) is 30.8 Å². The Morgan fingerprint density at radius 2 is 2.03 bits per heavy atom. The second kappa shape index (κ2) is 9.67. The lowest BCUT2D eigenvalue weighted by Crippen LogP contribution is -2.41. The molecule has 0 spiro atoms. The van der Waals surface area contributed by atoms with E-state index in [0.29, 0.717) is 23.2 Å². The maximum absolute atomic E-state index is 13.5. The van der Waals surface area contributed by atoms with Crippen LogP contribution in [0.4, 0.5) is 20.3 Å². The molecule has 186 valence electrons. The molecule has 0 fully saturated rings. The summed E-state index contributed by atoms with van der Waals surface area (Å²) in [6, 6.07) is 9.51. The van der Waals surface area contributed by atoms with Crippen molar-refractivity contribution in [1.82, 2.24) is 14.1 Å². The van der Waals surface area contributed by atoms with Crippen LogP contribution in [0.3, 0.4) is 0 Å². The van der Waals surface area contributed by atoms with Crippen LogP contribution in [0.15, 0.2) is 52.2 Å². The Hall–Kier alpha value is -3.44. The number of hydrogen-bond acceptors (Lipinski definition) is 7. The Morgan fingerprint density at radius 3 is 2.69 bits per heavy atom. The molecule has 9 nitrogen and oxygen atoms in total. The number of ether oxygens (including phenoxy) is 1. The summed E-state index contributed by atoms with van der Waals surface area (Å²) in [6.07, 6.45) is -2.35. The first-order chi connectivity index (χ1) is 16.6. The minimum Gasteiger partial charge on any atom is -0.433 e. The van der Waals surface area contributed by atoms with Gasteiger partial charge in [-0.3, -0.25) is 18.9 Å². The first kappa shape index (κ1) is 24.7. The number of aliphatic hydroxyl groups excluding tert-OH is 1. The highest BCUT2D eigenvalue weighted by molar-refractivity contribution is 6.30. The molecule has 0 radical (unpaired) electrons. The smallest absolute Gasteiger partial charge is 0.394 e. The Labute approximate surface area is 204 Å². The number of aliphatic hydroxyl groups is 1. The number of aromatic nitrogens is 3.